The normalized spacial score (nSPS) is 15.2. The Balaban J connectivity index is 1.59. The zero-order valence-corrected chi connectivity index (χ0v) is 16.2. The minimum Gasteiger partial charge on any atom is -0.486 e. The van der Waals surface area contributed by atoms with Crippen molar-refractivity contribution >= 4 is 16.0 Å². The second-order valence-corrected chi connectivity index (χ2v) is 8.47. The molecule has 0 amide bonds. The van der Waals surface area contributed by atoms with E-state index >= 15 is 0 Å². The lowest BCUT2D eigenvalue weighted by molar-refractivity contribution is 0.0378. The first kappa shape index (κ1) is 19.4. The minimum atomic E-state index is -3.57. The highest BCUT2D eigenvalue weighted by atomic mass is 32.2. The molecule has 7 nitrogen and oxygen atoms in total. The van der Waals surface area contributed by atoms with Crippen molar-refractivity contribution in [3.8, 4) is 5.75 Å². The van der Waals surface area contributed by atoms with Crippen LogP contribution >= 0.6 is 0 Å². The van der Waals surface area contributed by atoms with Gasteiger partial charge < -0.3 is 13.9 Å². The fourth-order valence-electron chi connectivity index (χ4n) is 2.75. The Morgan fingerprint density at radius 3 is 2.41 bits per heavy atom. The Hall–Kier alpha value is -2.32. The van der Waals surface area contributed by atoms with E-state index in [-0.39, 0.29) is 23.8 Å². The number of carbonyl (C=O) groups excluding carboxylic acids is 1. The van der Waals surface area contributed by atoms with Crippen molar-refractivity contribution < 1.29 is 27.1 Å². The first-order chi connectivity index (χ1) is 12.9. The van der Waals surface area contributed by atoms with E-state index < -0.39 is 10.0 Å². The van der Waals surface area contributed by atoms with Crippen molar-refractivity contribution in [2.75, 3.05) is 13.1 Å². The molecular formula is C19H23NO6S. The molecule has 0 unspecified atom stereocenters. The van der Waals surface area contributed by atoms with Crippen LogP contribution in [-0.4, -0.2) is 37.9 Å². The Kier molecular flexibility index (Phi) is 5.86. The van der Waals surface area contributed by atoms with Crippen molar-refractivity contribution in [2.45, 2.75) is 44.5 Å². The molecule has 0 saturated carbocycles. The Morgan fingerprint density at radius 2 is 1.78 bits per heavy atom. The Labute approximate surface area is 158 Å². The van der Waals surface area contributed by atoms with Crippen LogP contribution in [0.15, 0.2) is 45.9 Å². The highest BCUT2D eigenvalue weighted by Gasteiger charge is 2.29. The predicted octanol–water partition coefficient (Wildman–Crippen LogP) is 3.21. The first-order valence-electron chi connectivity index (χ1n) is 8.89. The van der Waals surface area contributed by atoms with Crippen molar-refractivity contribution in [3.63, 3.8) is 0 Å². The molecule has 0 spiro atoms. The van der Waals surface area contributed by atoms with Gasteiger partial charge in [-0.2, -0.15) is 4.31 Å². The molecule has 1 fully saturated rings. The smallest absolute Gasteiger partial charge is 0.338 e. The van der Waals surface area contributed by atoms with Gasteiger partial charge in [0, 0.05) is 13.1 Å². The van der Waals surface area contributed by atoms with Gasteiger partial charge in [0.15, 0.2) is 0 Å². The van der Waals surface area contributed by atoms with E-state index in [1.54, 1.807) is 44.2 Å². The topological polar surface area (TPSA) is 86.0 Å². The molecule has 1 aromatic heterocycles. The minimum absolute atomic E-state index is 0.0604. The van der Waals surface area contributed by atoms with Crippen molar-refractivity contribution in [1.29, 1.82) is 0 Å². The summed E-state index contributed by atoms with van der Waals surface area (Å²) in [5.41, 5.74) is 0.438. The van der Waals surface area contributed by atoms with Crippen LogP contribution < -0.4 is 4.74 Å². The maximum atomic E-state index is 12.4. The summed E-state index contributed by atoms with van der Waals surface area (Å²) >= 11 is 0. The molecule has 27 heavy (non-hydrogen) atoms. The molecule has 1 aliphatic rings. The molecule has 1 saturated heterocycles. The van der Waals surface area contributed by atoms with Gasteiger partial charge in [-0.25, -0.2) is 13.2 Å². The Morgan fingerprint density at radius 1 is 1.11 bits per heavy atom. The van der Waals surface area contributed by atoms with Gasteiger partial charge in [-0.05, 0) is 63.1 Å². The number of sulfonamides is 1. The Bertz CT molecular complexity index is 879. The van der Waals surface area contributed by atoms with Crippen molar-refractivity contribution in [2.24, 2.45) is 0 Å². The molecule has 0 aliphatic carbocycles. The molecular weight excluding hydrogens is 370 g/mol. The summed E-state index contributed by atoms with van der Waals surface area (Å²) in [5.74, 6) is 0.562. The van der Waals surface area contributed by atoms with E-state index in [0.29, 0.717) is 30.2 Å². The molecule has 146 valence electrons. The van der Waals surface area contributed by atoms with Gasteiger partial charge in [-0.3, -0.25) is 0 Å². The number of ether oxygens (including phenoxy) is 2. The summed E-state index contributed by atoms with van der Waals surface area (Å²) in [6.07, 6.45) is 1.56. The van der Waals surface area contributed by atoms with Gasteiger partial charge in [0.05, 0.1) is 11.7 Å². The molecule has 0 bridgehead atoms. The quantitative estimate of drug-likeness (QED) is 0.672. The monoisotopic (exact) mass is 393 g/mol. The van der Waals surface area contributed by atoms with E-state index in [0.717, 1.165) is 12.8 Å². The summed E-state index contributed by atoms with van der Waals surface area (Å²) in [4.78, 5) is 11.8. The van der Waals surface area contributed by atoms with Crippen LogP contribution in [0, 0.1) is 0 Å². The third-order valence-electron chi connectivity index (χ3n) is 4.11. The van der Waals surface area contributed by atoms with Gasteiger partial charge in [0.1, 0.15) is 18.1 Å². The van der Waals surface area contributed by atoms with E-state index in [2.05, 4.69) is 0 Å². The molecule has 0 N–H and O–H groups in total. The summed E-state index contributed by atoms with van der Waals surface area (Å²) in [5, 5.41) is -0.0604. The van der Waals surface area contributed by atoms with Crippen molar-refractivity contribution in [3.05, 3.63) is 47.7 Å². The van der Waals surface area contributed by atoms with Crippen LogP contribution in [0.25, 0.3) is 0 Å². The first-order valence-corrected chi connectivity index (χ1v) is 10.3. The zero-order valence-electron chi connectivity index (χ0n) is 15.4. The number of benzene rings is 1. The number of furan rings is 1. The fourth-order valence-corrected chi connectivity index (χ4v) is 4.20. The average Bonchev–Trinajstić information content (AvgIpc) is 3.32. The van der Waals surface area contributed by atoms with E-state index in [4.69, 9.17) is 13.9 Å². The average molecular weight is 393 g/mol. The lowest BCUT2D eigenvalue weighted by Crippen LogP contribution is -2.27. The molecule has 8 heteroatoms. The van der Waals surface area contributed by atoms with E-state index in [1.807, 2.05) is 0 Å². The fraction of sp³-hybridized carbons (Fsp3) is 0.421. The van der Waals surface area contributed by atoms with Gasteiger partial charge in [0.2, 0.25) is 5.09 Å². The van der Waals surface area contributed by atoms with Crippen LogP contribution in [0.3, 0.4) is 0 Å². The SMILES string of the molecule is CC(C)OC(=O)c1ccc(OCc2ccc(S(=O)(=O)N3CCCC3)o2)cc1. The maximum absolute atomic E-state index is 12.4. The van der Waals surface area contributed by atoms with E-state index in [1.165, 1.54) is 10.4 Å². The van der Waals surface area contributed by atoms with Crippen LogP contribution in [0.5, 0.6) is 5.75 Å². The van der Waals surface area contributed by atoms with Gasteiger partial charge in [0.25, 0.3) is 10.0 Å². The number of carbonyl (C=O) groups is 1. The van der Waals surface area contributed by atoms with Crippen LogP contribution in [-0.2, 0) is 21.4 Å². The molecule has 0 atom stereocenters. The highest BCUT2D eigenvalue weighted by Crippen LogP contribution is 2.23. The number of hydrogen-bond donors (Lipinski definition) is 0. The number of esters is 1. The third-order valence-corrected chi connectivity index (χ3v) is 5.88. The largest absolute Gasteiger partial charge is 0.486 e. The zero-order chi connectivity index (χ0) is 19.4. The summed E-state index contributed by atoms with van der Waals surface area (Å²) < 4.78 is 42.5. The molecule has 3 rings (SSSR count). The maximum Gasteiger partial charge on any atom is 0.338 e. The molecule has 1 aliphatic heterocycles. The van der Waals surface area contributed by atoms with Crippen molar-refractivity contribution in [1.82, 2.24) is 4.31 Å². The standard InChI is InChI=1S/C19H23NO6S/c1-14(2)25-19(21)15-5-7-16(8-6-15)24-13-17-9-10-18(26-17)27(22,23)20-11-3-4-12-20/h5-10,14H,3-4,11-13H2,1-2H3. The van der Waals surface area contributed by atoms with E-state index in [9.17, 15) is 13.2 Å². The van der Waals surface area contributed by atoms with Crippen LogP contribution in [0.2, 0.25) is 0 Å². The van der Waals surface area contributed by atoms with Crippen LogP contribution in [0.1, 0.15) is 42.8 Å². The number of rotatable bonds is 7. The number of nitrogens with zero attached hydrogens (tertiary/aromatic N) is 1. The highest BCUT2D eigenvalue weighted by molar-refractivity contribution is 7.89. The lowest BCUT2D eigenvalue weighted by atomic mass is 10.2. The molecule has 2 heterocycles. The molecule has 1 aromatic carbocycles. The van der Waals surface area contributed by atoms with Gasteiger partial charge >= 0.3 is 5.97 Å². The second-order valence-electron chi connectivity index (χ2n) is 6.60. The van der Waals surface area contributed by atoms with Gasteiger partial charge in [-0.15, -0.1) is 0 Å². The summed E-state index contributed by atoms with van der Waals surface area (Å²) in [6.45, 7) is 4.72. The van der Waals surface area contributed by atoms with Gasteiger partial charge in [-0.1, -0.05) is 0 Å². The number of hydrogen-bond acceptors (Lipinski definition) is 6. The van der Waals surface area contributed by atoms with Crippen LogP contribution in [0.4, 0.5) is 0 Å². The predicted molar refractivity (Wildman–Crippen MR) is 98.0 cm³/mol. The second kappa shape index (κ2) is 8.14. The molecule has 2 aromatic rings. The lowest BCUT2D eigenvalue weighted by Gasteiger charge is -2.12. The molecule has 0 radical (unpaired) electrons. The summed E-state index contributed by atoms with van der Waals surface area (Å²) in [7, 11) is -3.57. The summed E-state index contributed by atoms with van der Waals surface area (Å²) in [6, 6.07) is 9.59. The third kappa shape index (κ3) is 4.70.